The lowest BCUT2D eigenvalue weighted by molar-refractivity contribution is -0.00586. The molecule has 0 aliphatic heterocycles. The third-order valence-electron chi connectivity index (χ3n) is 5.08. The Labute approximate surface area is 173 Å². The Bertz CT molecular complexity index is 370. The molecule has 0 aliphatic rings. The molecule has 7 nitrogen and oxygen atoms in total. The molecule has 0 aromatic carbocycles. The molecule has 1 atom stereocenters. The van der Waals surface area contributed by atoms with Crippen LogP contribution in [0.1, 0.15) is 61.3 Å². The van der Waals surface area contributed by atoms with E-state index >= 15 is 0 Å². The molecule has 0 heterocycles. The summed E-state index contributed by atoms with van der Waals surface area (Å²) < 4.78 is 23.6. The summed E-state index contributed by atoms with van der Waals surface area (Å²) in [6.45, 7) is 19.3. The smallest absolute Gasteiger partial charge is 0.253 e. The zero-order chi connectivity index (χ0) is 21.6. The highest BCUT2D eigenvalue weighted by Crippen LogP contribution is 2.49. The zero-order valence-corrected chi connectivity index (χ0v) is 20.0. The molecule has 170 valence electrons. The highest BCUT2D eigenvalue weighted by atomic mass is 31.2. The van der Waals surface area contributed by atoms with E-state index in [0.29, 0.717) is 52.9 Å². The van der Waals surface area contributed by atoms with Crippen LogP contribution in [0.3, 0.4) is 0 Å². The van der Waals surface area contributed by atoms with Crippen LogP contribution in [0.2, 0.25) is 0 Å². The molecule has 2 N–H and O–H groups in total. The van der Waals surface area contributed by atoms with Crippen molar-refractivity contribution in [2.24, 2.45) is 5.41 Å². The molecule has 28 heavy (non-hydrogen) atoms. The molecule has 0 fully saturated rings. The van der Waals surface area contributed by atoms with Crippen molar-refractivity contribution in [2.45, 2.75) is 72.9 Å². The van der Waals surface area contributed by atoms with E-state index in [1.54, 1.807) is 0 Å². The van der Waals surface area contributed by atoms with E-state index < -0.39 is 8.53 Å². The third kappa shape index (κ3) is 10.8. The van der Waals surface area contributed by atoms with Crippen LogP contribution in [0.4, 0.5) is 0 Å². The maximum Gasteiger partial charge on any atom is 0.253 e. The predicted octanol–water partition coefficient (Wildman–Crippen LogP) is 3.58. The van der Waals surface area contributed by atoms with Crippen LogP contribution in [0.25, 0.3) is 0 Å². The van der Waals surface area contributed by atoms with Gasteiger partial charge in [-0.2, -0.15) is 0 Å². The maximum atomic E-state index is 9.97. The zero-order valence-electron chi connectivity index (χ0n) is 19.1. The first-order valence-corrected chi connectivity index (χ1v) is 11.6. The Morgan fingerprint density at radius 1 is 0.786 bits per heavy atom. The number of hydrogen-bond donors (Lipinski definition) is 2. The summed E-state index contributed by atoms with van der Waals surface area (Å²) in [5.74, 6) is 0. The molecule has 8 heteroatoms. The van der Waals surface area contributed by atoms with Gasteiger partial charge in [-0.3, -0.25) is 0 Å². The largest absolute Gasteiger partial charge is 0.379 e. The molecule has 0 bridgehead atoms. The summed E-state index contributed by atoms with van der Waals surface area (Å²) in [5, 5.41) is 0. The molecule has 0 saturated carbocycles. The van der Waals surface area contributed by atoms with Crippen molar-refractivity contribution >= 4 is 8.53 Å². The fourth-order valence-electron chi connectivity index (χ4n) is 3.13. The minimum atomic E-state index is -2.14. The van der Waals surface area contributed by atoms with Crippen LogP contribution in [0.15, 0.2) is 0 Å². The Hall–Kier alpha value is 0.150. The normalized spacial score (nSPS) is 15.0. The second-order valence-electron chi connectivity index (χ2n) is 8.37. The van der Waals surface area contributed by atoms with Crippen LogP contribution in [0.5, 0.6) is 0 Å². The molecule has 1 unspecified atom stereocenters. The maximum absolute atomic E-state index is 9.97. The van der Waals surface area contributed by atoms with E-state index in [4.69, 9.17) is 18.9 Å². The Kier molecular flexibility index (Phi) is 15.1. The predicted molar refractivity (Wildman–Crippen MR) is 114 cm³/mol. The molecule has 0 aromatic heterocycles. The molecule has 0 aliphatic carbocycles. The van der Waals surface area contributed by atoms with Crippen molar-refractivity contribution in [1.82, 2.24) is 4.67 Å². The summed E-state index contributed by atoms with van der Waals surface area (Å²) in [7, 11) is -2.14. The topological polar surface area (TPSA) is 80.6 Å². The lowest BCUT2D eigenvalue weighted by atomic mass is 9.71. The quantitative estimate of drug-likeness (QED) is 0.272. The molecule has 0 radical (unpaired) electrons. The third-order valence-corrected chi connectivity index (χ3v) is 6.36. The highest BCUT2D eigenvalue weighted by Gasteiger charge is 2.46. The lowest BCUT2D eigenvalue weighted by Crippen LogP contribution is -2.55. The van der Waals surface area contributed by atoms with E-state index in [1.165, 1.54) is 0 Å². The first-order valence-electron chi connectivity index (χ1n) is 10.4. The van der Waals surface area contributed by atoms with Gasteiger partial charge in [0, 0.05) is 24.8 Å². The van der Waals surface area contributed by atoms with Crippen molar-refractivity contribution in [3.05, 3.63) is 0 Å². The summed E-state index contributed by atoms with van der Waals surface area (Å²) in [6.07, 6.45) is 1.67. The number of rotatable bonds is 17. The molecule has 0 aromatic rings. The van der Waals surface area contributed by atoms with Crippen molar-refractivity contribution in [3.63, 3.8) is 0 Å². The monoisotopic (exact) mass is 425 g/mol. The second-order valence-corrected chi connectivity index (χ2v) is 9.34. The molecule has 0 saturated heterocycles. The van der Waals surface area contributed by atoms with E-state index in [9.17, 15) is 9.79 Å². The van der Waals surface area contributed by atoms with Gasteiger partial charge < -0.3 is 28.7 Å². The Morgan fingerprint density at radius 2 is 1.21 bits per heavy atom. The van der Waals surface area contributed by atoms with Gasteiger partial charge in [0.1, 0.15) is 0 Å². The van der Waals surface area contributed by atoms with Crippen LogP contribution in [-0.4, -0.2) is 78.9 Å². The van der Waals surface area contributed by atoms with Gasteiger partial charge >= 0.3 is 0 Å². The second kappa shape index (κ2) is 15.0. The van der Waals surface area contributed by atoms with Gasteiger partial charge in [-0.15, -0.1) is 0 Å². The lowest BCUT2D eigenvalue weighted by Gasteiger charge is -2.52. The van der Waals surface area contributed by atoms with Crippen molar-refractivity contribution in [3.8, 4) is 0 Å². The molecular formula is C20H44NO6P. The van der Waals surface area contributed by atoms with Crippen LogP contribution >= 0.6 is 8.53 Å². The van der Waals surface area contributed by atoms with E-state index in [2.05, 4.69) is 27.7 Å². The average molecular weight is 426 g/mol. The Balaban J connectivity index is 4.05. The van der Waals surface area contributed by atoms with Gasteiger partial charge in [0.2, 0.25) is 0 Å². The van der Waals surface area contributed by atoms with Crippen LogP contribution in [-0.2, 0) is 18.9 Å². The number of hydrogen-bond acceptors (Lipinski definition) is 7. The summed E-state index contributed by atoms with van der Waals surface area (Å²) >= 11 is 0. The highest BCUT2D eigenvalue weighted by molar-refractivity contribution is 7.42. The van der Waals surface area contributed by atoms with E-state index in [0.717, 1.165) is 12.8 Å². The van der Waals surface area contributed by atoms with Crippen LogP contribution in [0, 0.1) is 5.41 Å². The number of ether oxygens (including phenoxy) is 4. The van der Waals surface area contributed by atoms with E-state index in [1.807, 2.05) is 25.4 Å². The van der Waals surface area contributed by atoms with Gasteiger partial charge in [-0.25, -0.2) is 4.67 Å². The molecule has 0 rings (SSSR count). The first kappa shape index (κ1) is 28.1. The minimum absolute atomic E-state index is 0.0513. The van der Waals surface area contributed by atoms with Gasteiger partial charge in [0.25, 0.3) is 8.53 Å². The van der Waals surface area contributed by atoms with Crippen LogP contribution < -0.4 is 0 Å². The van der Waals surface area contributed by atoms with Gasteiger partial charge in [0.15, 0.2) is 0 Å². The fourth-order valence-corrected chi connectivity index (χ4v) is 4.34. The molecule has 0 spiro atoms. The summed E-state index contributed by atoms with van der Waals surface area (Å²) in [5.41, 5.74) is -0.441. The van der Waals surface area contributed by atoms with Crippen molar-refractivity contribution in [1.29, 1.82) is 0 Å². The standard InChI is InChI=1S/C20H44NO6P/c1-8-24-12-13-26-16-17-27-15-14-25-11-9-10-20(7,19(4,5)6)21(18(2)3)28(22)23/h18,22-23H,8-17H2,1-7H3. The first-order chi connectivity index (χ1) is 13.1. The van der Waals surface area contributed by atoms with E-state index in [-0.39, 0.29) is 17.0 Å². The average Bonchev–Trinajstić information content (AvgIpc) is 2.57. The fraction of sp³-hybridized carbons (Fsp3) is 1.00. The van der Waals surface area contributed by atoms with Gasteiger partial charge in [-0.1, -0.05) is 20.8 Å². The van der Waals surface area contributed by atoms with Gasteiger partial charge in [0.05, 0.1) is 39.6 Å². The number of nitrogens with zero attached hydrogens (tertiary/aromatic N) is 1. The summed E-state index contributed by atoms with van der Waals surface area (Å²) in [4.78, 5) is 19.9. The Morgan fingerprint density at radius 3 is 1.57 bits per heavy atom. The van der Waals surface area contributed by atoms with Crippen molar-refractivity contribution < 1.29 is 28.7 Å². The molecule has 0 amide bonds. The minimum Gasteiger partial charge on any atom is -0.379 e. The van der Waals surface area contributed by atoms with Gasteiger partial charge in [-0.05, 0) is 46.0 Å². The molecular weight excluding hydrogens is 381 g/mol. The van der Waals surface area contributed by atoms with Crippen molar-refractivity contribution in [2.75, 3.05) is 52.9 Å². The summed E-state index contributed by atoms with van der Waals surface area (Å²) in [6, 6.07) is 0.0513. The SMILES string of the molecule is CCOCCOCCOCCOCCCC(C)(N(C(C)C)P(O)O)C(C)(C)C.